The van der Waals surface area contributed by atoms with Gasteiger partial charge in [0.1, 0.15) is 0 Å². The zero-order valence-electron chi connectivity index (χ0n) is 9.49. The average Bonchev–Trinajstić information content (AvgIpc) is 2.26. The van der Waals surface area contributed by atoms with Crippen LogP contribution in [0.5, 0.6) is 0 Å². The van der Waals surface area contributed by atoms with Crippen molar-refractivity contribution in [2.24, 2.45) is 0 Å². The van der Waals surface area contributed by atoms with E-state index in [1.807, 2.05) is 13.0 Å². The Balaban J connectivity index is 2.63. The van der Waals surface area contributed by atoms with Gasteiger partial charge in [0, 0.05) is 28.2 Å². The minimum absolute atomic E-state index is 0.155. The van der Waals surface area contributed by atoms with E-state index in [1.54, 1.807) is 6.20 Å². The fourth-order valence-corrected chi connectivity index (χ4v) is 2.49. The molecule has 0 aromatic carbocycles. The van der Waals surface area contributed by atoms with Crippen molar-refractivity contribution in [3.8, 4) is 0 Å². The van der Waals surface area contributed by atoms with Crippen LogP contribution in [0, 0.1) is 0 Å². The number of carboxylic acid groups (broad SMARTS) is 1. The molecule has 0 unspecified atom stereocenters. The quantitative estimate of drug-likeness (QED) is 0.842. The van der Waals surface area contributed by atoms with Crippen LogP contribution < -0.4 is 0 Å². The minimum Gasteiger partial charge on any atom is -0.481 e. The molecule has 4 nitrogen and oxygen atoms in total. The molecule has 17 heavy (non-hydrogen) atoms. The molecule has 0 atom stereocenters. The lowest BCUT2D eigenvalue weighted by Crippen LogP contribution is -2.26. The average molecular weight is 366 g/mol. The molecule has 0 saturated heterocycles. The van der Waals surface area contributed by atoms with Crippen molar-refractivity contribution in [3.63, 3.8) is 0 Å². The largest absolute Gasteiger partial charge is 0.481 e. The smallest absolute Gasteiger partial charge is 0.304 e. The first kappa shape index (κ1) is 14.6. The molecule has 1 N–H and O–H groups in total. The molecule has 94 valence electrons. The van der Waals surface area contributed by atoms with E-state index in [1.165, 1.54) is 0 Å². The molecule has 0 amide bonds. The van der Waals surface area contributed by atoms with Crippen LogP contribution in [0.1, 0.15) is 19.0 Å². The number of aliphatic carboxylic acids is 1. The van der Waals surface area contributed by atoms with Crippen molar-refractivity contribution >= 4 is 37.8 Å². The van der Waals surface area contributed by atoms with E-state index in [0.29, 0.717) is 13.1 Å². The molecule has 0 bridgehead atoms. The first-order valence-electron chi connectivity index (χ1n) is 5.27. The predicted molar refractivity (Wildman–Crippen MR) is 72.8 cm³/mol. The summed E-state index contributed by atoms with van der Waals surface area (Å²) in [6.45, 7) is 4.00. The number of hydrogen-bond acceptors (Lipinski definition) is 3. The lowest BCUT2D eigenvalue weighted by molar-refractivity contribution is -0.137. The van der Waals surface area contributed by atoms with Crippen LogP contribution in [0.3, 0.4) is 0 Å². The van der Waals surface area contributed by atoms with E-state index < -0.39 is 5.97 Å². The van der Waals surface area contributed by atoms with Crippen molar-refractivity contribution in [1.82, 2.24) is 9.88 Å². The maximum atomic E-state index is 10.5. The third kappa shape index (κ3) is 5.14. The van der Waals surface area contributed by atoms with Crippen LogP contribution in [0.2, 0.25) is 0 Å². The molecule has 1 heterocycles. The standard InChI is InChI=1S/C11H14Br2N2O2/c1-2-15(4-3-11(16)17)7-10-9(13)5-8(12)6-14-10/h5-6H,2-4,7H2,1H3,(H,16,17). The Morgan fingerprint density at radius 1 is 1.53 bits per heavy atom. The molecular weight excluding hydrogens is 352 g/mol. The Morgan fingerprint density at radius 3 is 2.76 bits per heavy atom. The molecule has 1 aromatic rings. The van der Waals surface area contributed by atoms with Crippen LogP contribution in [-0.2, 0) is 11.3 Å². The third-order valence-electron chi connectivity index (χ3n) is 2.35. The summed E-state index contributed by atoms with van der Waals surface area (Å²) in [6.07, 6.45) is 1.90. The molecule has 1 aromatic heterocycles. The monoisotopic (exact) mass is 364 g/mol. The molecule has 0 aliphatic heterocycles. The number of pyridine rings is 1. The van der Waals surface area contributed by atoms with Gasteiger partial charge in [0.15, 0.2) is 0 Å². The number of hydrogen-bond donors (Lipinski definition) is 1. The summed E-state index contributed by atoms with van der Waals surface area (Å²) in [4.78, 5) is 16.9. The lowest BCUT2D eigenvalue weighted by Gasteiger charge is -2.19. The Kier molecular flexibility index (Phi) is 6.08. The fourth-order valence-electron chi connectivity index (χ4n) is 1.37. The topological polar surface area (TPSA) is 53.4 Å². The van der Waals surface area contributed by atoms with Crippen molar-refractivity contribution in [2.75, 3.05) is 13.1 Å². The highest BCUT2D eigenvalue weighted by molar-refractivity contribution is 9.11. The van der Waals surface area contributed by atoms with E-state index in [9.17, 15) is 4.79 Å². The van der Waals surface area contributed by atoms with E-state index in [0.717, 1.165) is 21.2 Å². The highest BCUT2D eigenvalue weighted by Crippen LogP contribution is 2.20. The molecule has 0 aliphatic rings. The number of nitrogens with zero attached hydrogens (tertiary/aromatic N) is 2. The molecule has 0 spiro atoms. The summed E-state index contributed by atoms with van der Waals surface area (Å²) in [5.74, 6) is -0.772. The maximum Gasteiger partial charge on any atom is 0.304 e. The number of rotatable bonds is 6. The van der Waals surface area contributed by atoms with Gasteiger partial charge in [0.2, 0.25) is 0 Å². The van der Waals surface area contributed by atoms with E-state index in [4.69, 9.17) is 5.11 Å². The highest BCUT2D eigenvalue weighted by atomic mass is 79.9. The fraction of sp³-hybridized carbons (Fsp3) is 0.455. The maximum absolute atomic E-state index is 10.5. The zero-order valence-corrected chi connectivity index (χ0v) is 12.7. The predicted octanol–water partition coefficient (Wildman–Crippen LogP) is 2.90. The lowest BCUT2D eigenvalue weighted by atomic mass is 10.3. The van der Waals surface area contributed by atoms with E-state index in [-0.39, 0.29) is 6.42 Å². The molecule has 0 saturated carbocycles. The van der Waals surface area contributed by atoms with Gasteiger partial charge in [-0.05, 0) is 44.5 Å². The molecule has 0 fully saturated rings. The number of carboxylic acids is 1. The van der Waals surface area contributed by atoms with Gasteiger partial charge >= 0.3 is 5.97 Å². The van der Waals surface area contributed by atoms with E-state index >= 15 is 0 Å². The number of halogens is 2. The molecule has 6 heteroatoms. The Morgan fingerprint density at radius 2 is 2.24 bits per heavy atom. The number of aromatic nitrogens is 1. The van der Waals surface area contributed by atoms with Crippen molar-refractivity contribution in [3.05, 3.63) is 26.9 Å². The summed E-state index contributed by atoms with van der Waals surface area (Å²) in [7, 11) is 0. The van der Waals surface area contributed by atoms with E-state index in [2.05, 4.69) is 41.7 Å². The normalized spacial score (nSPS) is 10.8. The summed E-state index contributed by atoms with van der Waals surface area (Å²) < 4.78 is 1.85. The molecule has 0 aliphatic carbocycles. The van der Waals surface area contributed by atoms with Crippen LogP contribution in [0.15, 0.2) is 21.2 Å². The van der Waals surface area contributed by atoms with Crippen molar-refractivity contribution < 1.29 is 9.90 Å². The van der Waals surface area contributed by atoms with Crippen molar-refractivity contribution in [2.45, 2.75) is 19.9 Å². The Bertz CT molecular complexity index is 399. The Labute approximate surface area is 117 Å². The molecule has 0 radical (unpaired) electrons. The van der Waals surface area contributed by atoms with Crippen LogP contribution in [0.25, 0.3) is 0 Å². The second-order valence-corrected chi connectivity index (χ2v) is 5.36. The van der Waals surface area contributed by atoms with Gasteiger partial charge < -0.3 is 5.11 Å². The van der Waals surface area contributed by atoms with Gasteiger partial charge in [-0.1, -0.05) is 6.92 Å². The summed E-state index contributed by atoms with van der Waals surface area (Å²) in [6, 6.07) is 1.94. The highest BCUT2D eigenvalue weighted by Gasteiger charge is 2.09. The van der Waals surface area contributed by atoms with Gasteiger partial charge in [0.25, 0.3) is 0 Å². The summed E-state index contributed by atoms with van der Waals surface area (Å²) in [5, 5.41) is 8.66. The van der Waals surface area contributed by atoms with Gasteiger partial charge in [-0.15, -0.1) is 0 Å². The third-order valence-corrected chi connectivity index (χ3v) is 3.47. The van der Waals surface area contributed by atoms with Crippen LogP contribution in [-0.4, -0.2) is 34.0 Å². The van der Waals surface area contributed by atoms with Crippen LogP contribution >= 0.6 is 31.9 Å². The first-order chi connectivity index (χ1) is 8.02. The van der Waals surface area contributed by atoms with Gasteiger partial charge in [0.05, 0.1) is 12.1 Å². The number of carbonyl (C=O) groups is 1. The zero-order chi connectivity index (χ0) is 12.8. The second kappa shape index (κ2) is 7.08. The minimum atomic E-state index is -0.772. The van der Waals surface area contributed by atoms with Gasteiger partial charge in [-0.25, -0.2) is 0 Å². The molecular formula is C11H14Br2N2O2. The van der Waals surface area contributed by atoms with Crippen molar-refractivity contribution in [1.29, 1.82) is 0 Å². The summed E-state index contributed by atoms with van der Waals surface area (Å²) in [5.41, 5.74) is 0.917. The van der Waals surface area contributed by atoms with Gasteiger partial charge in [-0.3, -0.25) is 14.7 Å². The first-order valence-corrected chi connectivity index (χ1v) is 6.85. The Hall–Kier alpha value is -0.460. The SMILES string of the molecule is CCN(CCC(=O)O)Cc1ncc(Br)cc1Br. The van der Waals surface area contributed by atoms with Gasteiger partial charge in [-0.2, -0.15) is 0 Å². The second-order valence-electron chi connectivity index (χ2n) is 3.59. The summed E-state index contributed by atoms with van der Waals surface area (Å²) >= 11 is 6.79. The molecule has 1 rings (SSSR count). The van der Waals surface area contributed by atoms with Crippen LogP contribution in [0.4, 0.5) is 0 Å².